The van der Waals surface area contributed by atoms with Crippen molar-refractivity contribution < 1.29 is 9.59 Å². The van der Waals surface area contributed by atoms with E-state index in [4.69, 9.17) is 11.6 Å². The second-order valence-corrected chi connectivity index (χ2v) is 7.40. The third-order valence-corrected chi connectivity index (χ3v) is 5.46. The quantitative estimate of drug-likeness (QED) is 0.789. The van der Waals surface area contributed by atoms with Gasteiger partial charge in [-0.3, -0.25) is 9.59 Å². The minimum absolute atomic E-state index is 0.0282. The third-order valence-electron chi connectivity index (χ3n) is 4.79. The number of nitrogens with zero attached hydrogens (tertiary/aromatic N) is 2. The van der Waals surface area contributed by atoms with Crippen molar-refractivity contribution in [2.24, 2.45) is 5.41 Å². The van der Waals surface area contributed by atoms with Gasteiger partial charge in [0.15, 0.2) is 0 Å². The van der Waals surface area contributed by atoms with Crippen LogP contribution in [0.5, 0.6) is 0 Å². The van der Waals surface area contributed by atoms with Crippen LogP contribution in [0.1, 0.15) is 24.2 Å². The number of carbonyl (C=O) groups is 2. The number of hydrogen-bond donors (Lipinski definition) is 0. The molecule has 0 bridgehead atoms. The molecule has 2 aromatic rings. The molecule has 2 aromatic carbocycles. The minimum Gasteiger partial charge on any atom is -0.339 e. The molecule has 1 aliphatic heterocycles. The largest absolute Gasteiger partial charge is 0.339 e. The van der Waals surface area contributed by atoms with Gasteiger partial charge >= 0.3 is 0 Å². The van der Waals surface area contributed by atoms with Gasteiger partial charge < -0.3 is 9.80 Å². The molecule has 2 amide bonds. The summed E-state index contributed by atoms with van der Waals surface area (Å²) in [4.78, 5) is 29.1. The Morgan fingerprint density at radius 3 is 2.24 bits per heavy atom. The molecular formula is C20H23ClN2O2. The molecule has 5 heteroatoms. The van der Waals surface area contributed by atoms with E-state index >= 15 is 0 Å². The first kappa shape index (κ1) is 17.7. The SMILES string of the molecule is CC(C)(CCl)C(=O)N1CCN(C(=O)c2cccc3ccccc23)CC1. The van der Waals surface area contributed by atoms with E-state index in [1.165, 1.54) is 0 Å². The Labute approximate surface area is 153 Å². The number of benzene rings is 2. The second-order valence-electron chi connectivity index (χ2n) is 7.13. The fraction of sp³-hybridized carbons (Fsp3) is 0.400. The Kier molecular flexibility index (Phi) is 5.00. The summed E-state index contributed by atoms with van der Waals surface area (Å²) in [5.41, 5.74) is 0.155. The van der Waals surface area contributed by atoms with Gasteiger partial charge in [-0.25, -0.2) is 0 Å². The molecule has 0 aromatic heterocycles. The van der Waals surface area contributed by atoms with Crippen LogP contribution in [-0.4, -0.2) is 53.7 Å². The Bertz CT molecular complexity index is 790. The van der Waals surface area contributed by atoms with Gasteiger partial charge in [-0.1, -0.05) is 36.4 Å². The van der Waals surface area contributed by atoms with Crippen LogP contribution in [-0.2, 0) is 4.79 Å². The lowest BCUT2D eigenvalue weighted by atomic mass is 9.94. The number of alkyl halides is 1. The van der Waals surface area contributed by atoms with E-state index in [0.717, 1.165) is 16.3 Å². The Hall–Kier alpha value is -2.07. The van der Waals surface area contributed by atoms with Crippen molar-refractivity contribution in [2.75, 3.05) is 32.1 Å². The molecule has 0 aliphatic carbocycles. The van der Waals surface area contributed by atoms with Crippen molar-refractivity contribution in [3.05, 3.63) is 48.0 Å². The Balaban J connectivity index is 1.73. The highest BCUT2D eigenvalue weighted by molar-refractivity contribution is 6.19. The highest BCUT2D eigenvalue weighted by Crippen LogP contribution is 2.23. The summed E-state index contributed by atoms with van der Waals surface area (Å²) in [6.45, 7) is 5.91. The van der Waals surface area contributed by atoms with Crippen molar-refractivity contribution in [2.45, 2.75) is 13.8 Å². The van der Waals surface area contributed by atoms with Crippen LogP contribution in [0.25, 0.3) is 10.8 Å². The molecule has 1 heterocycles. The van der Waals surface area contributed by atoms with Crippen molar-refractivity contribution in [3.8, 4) is 0 Å². The standard InChI is InChI=1S/C20H23ClN2O2/c1-20(2,14-21)19(25)23-12-10-22(11-13-23)18(24)17-9-5-7-15-6-3-4-8-16(15)17/h3-9H,10-14H2,1-2H3. The van der Waals surface area contributed by atoms with Crippen molar-refractivity contribution in [1.29, 1.82) is 0 Å². The molecule has 1 saturated heterocycles. The maximum absolute atomic E-state index is 12.9. The van der Waals surface area contributed by atoms with Gasteiger partial charge in [-0.15, -0.1) is 11.6 Å². The maximum atomic E-state index is 12.9. The second kappa shape index (κ2) is 7.04. The van der Waals surface area contributed by atoms with Crippen molar-refractivity contribution in [3.63, 3.8) is 0 Å². The van der Waals surface area contributed by atoms with Crippen LogP contribution in [0.15, 0.2) is 42.5 Å². The maximum Gasteiger partial charge on any atom is 0.254 e. The predicted molar refractivity (Wildman–Crippen MR) is 101 cm³/mol. The monoisotopic (exact) mass is 358 g/mol. The first-order chi connectivity index (χ1) is 11.9. The Morgan fingerprint density at radius 1 is 0.960 bits per heavy atom. The zero-order valence-corrected chi connectivity index (χ0v) is 15.4. The van der Waals surface area contributed by atoms with Crippen LogP contribution < -0.4 is 0 Å². The van der Waals surface area contributed by atoms with Gasteiger partial charge in [0.25, 0.3) is 5.91 Å². The molecule has 132 valence electrons. The number of halogens is 1. The van der Waals surface area contributed by atoms with E-state index in [2.05, 4.69) is 0 Å². The first-order valence-electron chi connectivity index (χ1n) is 8.56. The lowest BCUT2D eigenvalue weighted by molar-refractivity contribution is -0.140. The van der Waals surface area contributed by atoms with Crippen LogP contribution in [0.4, 0.5) is 0 Å². The normalized spacial score (nSPS) is 15.5. The highest BCUT2D eigenvalue weighted by Gasteiger charge is 2.34. The van der Waals surface area contributed by atoms with Crippen LogP contribution in [0.3, 0.4) is 0 Å². The molecule has 25 heavy (non-hydrogen) atoms. The predicted octanol–water partition coefficient (Wildman–Crippen LogP) is 3.39. The average Bonchev–Trinajstić information content (AvgIpc) is 2.66. The number of fused-ring (bicyclic) bond motifs is 1. The van der Waals surface area contributed by atoms with Crippen molar-refractivity contribution in [1.82, 2.24) is 9.80 Å². The van der Waals surface area contributed by atoms with Crippen LogP contribution in [0.2, 0.25) is 0 Å². The fourth-order valence-corrected chi connectivity index (χ4v) is 3.29. The Morgan fingerprint density at radius 2 is 1.56 bits per heavy atom. The lowest BCUT2D eigenvalue weighted by Gasteiger charge is -2.38. The topological polar surface area (TPSA) is 40.6 Å². The number of hydrogen-bond acceptors (Lipinski definition) is 2. The summed E-state index contributed by atoms with van der Waals surface area (Å²) in [7, 11) is 0. The molecule has 0 spiro atoms. The number of piperazine rings is 1. The summed E-state index contributed by atoms with van der Waals surface area (Å²) >= 11 is 5.91. The first-order valence-corrected chi connectivity index (χ1v) is 9.10. The summed E-state index contributed by atoms with van der Waals surface area (Å²) in [6.07, 6.45) is 0. The van der Waals surface area contributed by atoms with E-state index in [1.807, 2.05) is 66.1 Å². The molecule has 0 radical (unpaired) electrons. The molecule has 1 aliphatic rings. The molecule has 4 nitrogen and oxygen atoms in total. The molecular weight excluding hydrogens is 336 g/mol. The highest BCUT2D eigenvalue weighted by atomic mass is 35.5. The van der Waals surface area contributed by atoms with E-state index < -0.39 is 5.41 Å². The smallest absolute Gasteiger partial charge is 0.254 e. The lowest BCUT2D eigenvalue weighted by Crippen LogP contribution is -2.53. The number of amides is 2. The third kappa shape index (κ3) is 3.49. The molecule has 1 fully saturated rings. The van der Waals surface area contributed by atoms with Gasteiger partial charge in [-0.2, -0.15) is 0 Å². The molecule has 3 rings (SSSR count). The van der Waals surface area contributed by atoms with Gasteiger partial charge in [-0.05, 0) is 30.7 Å². The zero-order chi connectivity index (χ0) is 18.0. The fourth-order valence-electron chi connectivity index (χ4n) is 3.18. The van der Waals surface area contributed by atoms with E-state index in [-0.39, 0.29) is 11.8 Å². The summed E-state index contributed by atoms with van der Waals surface area (Å²) in [6, 6.07) is 13.7. The molecule has 0 atom stereocenters. The van der Waals surface area contributed by atoms with Gasteiger partial charge in [0.05, 0.1) is 5.41 Å². The zero-order valence-electron chi connectivity index (χ0n) is 14.7. The minimum atomic E-state index is -0.566. The molecule has 0 N–H and O–H groups in total. The summed E-state index contributed by atoms with van der Waals surface area (Å²) < 4.78 is 0. The molecule has 0 saturated carbocycles. The van der Waals surface area contributed by atoms with Crippen LogP contribution in [0, 0.1) is 5.41 Å². The average molecular weight is 359 g/mol. The van der Waals surface area contributed by atoms with E-state index in [0.29, 0.717) is 32.1 Å². The van der Waals surface area contributed by atoms with Gasteiger partial charge in [0.1, 0.15) is 0 Å². The van der Waals surface area contributed by atoms with E-state index in [1.54, 1.807) is 0 Å². The van der Waals surface area contributed by atoms with Gasteiger partial charge in [0.2, 0.25) is 5.91 Å². The van der Waals surface area contributed by atoms with Crippen LogP contribution >= 0.6 is 11.6 Å². The summed E-state index contributed by atoms with van der Waals surface area (Å²) in [5.74, 6) is 0.376. The molecule has 0 unspecified atom stereocenters. The number of rotatable bonds is 3. The number of carbonyl (C=O) groups excluding carboxylic acids is 2. The van der Waals surface area contributed by atoms with E-state index in [9.17, 15) is 9.59 Å². The van der Waals surface area contributed by atoms with Gasteiger partial charge in [0, 0.05) is 37.6 Å². The van der Waals surface area contributed by atoms with Crippen molar-refractivity contribution >= 4 is 34.2 Å². The summed E-state index contributed by atoms with van der Waals surface area (Å²) in [5, 5.41) is 2.03.